The van der Waals surface area contributed by atoms with E-state index in [0.717, 1.165) is 10.4 Å². The van der Waals surface area contributed by atoms with E-state index in [1.54, 1.807) is 24.3 Å². The summed E-state index contributed by atoms with van der Waals surface area (Å²) in [4.78, 5) is 17.3. The van der Waals surface area contributed by atoms with Crippen LogP contribution >= 0.6 is 11.3 Å². The fourth-order valence-electron chi connectivity index (χ4n) is 2.32. The molecule has 24 heavy (non-hydrogen) atoms. The maximum atomic E-state index is 12.5. The van der Waals surface area contributed by atoms with E-state index >= 15 is 0 Å². The number of hydrogen-bond donors (Lipinski definition) is 3. The maximum Gasteiger partial charge on any atom is 0.274 e. The monoisotopic (exact) mass is 344 g/mol. The van der Waals surface area contributed by atoms with E-state index in [0.29, 0.717) is 12.2 Å². The molecule has 3 aromatic rings. The van der Waals surface area contributed by atoms with Gasteiger partial charge in [-0.15, -0.1) is 11.3 Å². The molecule has 0 spiro atoms. The predicted molar refractivity (Wildman–Crippen MR) is 90.0 cm³/mol. The molecule has 1 atom stereocenters. The van der Waals surface area contributed by atoms with E-state index in [2.05, 4.69) is 10.3 Å². The zero-order valence-corrected chi connectivity index (χ0v) is 13.5. The number of benzene rings is 1. The van der Waals surface area contributed by atoms with Crippen LogP contribution in [0.2, 0.25) is 0 Å². The van der Waals surface area contributed by atoms with Crippen LogP contribution in [0.1, 0.15) is 16.1 Å². The Balaban J connectivity index is 1.71. The zero-order valence-electron chi connectivity index (χ0n) is 12.7. The summed E-state index contributed by atoms with van der Waals surface area (Å²) in [5.74, 6) is 0.195. The summed E-state index contributed by atoms with van der Waals surface area (Å²) in [7, 11) is 0. The lowest BCUT2D eigenvalue weighted by Gasteiger charge is -2.16. The second kappa shape index (κ2) is 7.29. The molecule has 1 amide bonds. The number of hydrogen-bond acceptors (Lipinski definition) is 6. The molecule has 124 valence electrons. The number of aliphatic hydroxyl groups is 1. The second-order valence-electron chi connectivity index (χ2n) is 5.23. The molecule has 0 saturated carbocycles. The van der Waals surface area contributed by atoms with Gasteiger partial charge in [-0.25, -0.2) is 4.98 Å². The van der Waals surface area contributed by atoms with E-state index in [1.165, 1.54) is 17.7 Å². The first-order valence-electron chi connectivity index (χ1n) is 7.34. The van der Waals surface area contributed by atoms with Gasteiger partial charge in [0.15, 0.2) is 17.8 Å². The van der Waals surface area contributed by atoms with Crippen molar-refractivity contribution in [2.24, 2.45) is 0 Å². The van der Waals surface area contributed by atoms with Crippen LogP contribution in [0.15, 0.2) is 52.6 Å². The summed E-state index contributed by atoms with van der Waals surface area (Å²) in [5, 5.41) is 23.5. The molecule has 3 N–H and O–H groups in total. The topological polar surface area (TPSA) is 95.6 Å². The highest BCUT2D eigenvalue weighted by Crippen LogP contribution is 2.27. The third kappa shape index (κ3) is 3.64. The number of carbonyl (C=O) groups excluding carboxylic acids is 1. The Kier molecular flexibility index (Phi) is 4.93. The van der Waals surface area contributed by atoms with Crippen molar-refractivity contribution < 1.29 is 19.4 Å². The summed E-state index contributed by atoms with van der Waals surface area (Å²) in [5.41, 5.74) is 1.09. The fraction of sp³-hybridized carbons (Fsp3) is 0.176. The summed E-state index contributed by atoms with van der Waals surface area (Å²) >= 11 is 1.45. The number of amides is 1. The largest absolute Gasteiger partial charge is 0.508 e. The van der Waals surface area contributed by atoms with Gasteiger partial charge in [0.25, 0.3) is 5.91 Å². The number of thiophene rings is 1. The Bertz CT molecular complexity index is 796. The van der Waals surface area contributed by atoms with Gasteiger partial charge in [0.05, 0.1) is 17.5 Å². The fourth-order valence-corrected chi connectivity index (χ4v) is 3.03. The maximum absolute atomic E-state index is 12.5. The highest BCUT2D eigenvalue weighted by molar-refractivity contribution is 7.13. The van der Waals surface area contributed by atoms with Crippen LogP contribution in [-0.2, 0) is 6.42 Å². The minimum Gasteiger partial charge on any atom is -0.508 e. The normalized spacial score (nSPS) is 12.0. The van der Waals surface area contributed by atoms with Gasteiger partial charge in [-0.2, -0.15) is 0 Å². The molecule has 0 unspecified atom stereocenters. The Labute approximate surface area is 142 Å². The average Bonchev–Trinajstić information content (AvgIpc) is 3.26. The quantitative estimate of drug-likeness (QED) is 0.638. The first kappa shape index (κ1) is 16.2. The van der Waals surface area contributed by atoms with E-state index in [4.69, 9.17) is 4.42 Å². The van der Waals surface area contributed by atoms with Gasteiger partial charge >= 0.3 is 0 Å². The highest BCUT2D eigenvalue weighted by atomic mass is 32.1. The predicted octanol–water partition coefficient (Wildman–Crippen LogP) is 2.44. The van der Waals surface area contributed by atoms with Gasteiger partial charge in [-0.1, -0.05) is 18.2 Å². The molecule has 6 nitrogen and oxygen atoms in total. The van der Waals surface area contributed by atoms with Gasteiger partial charge in [0.2, 0.25) is 0 Å². The summed E-state index contributed by atoms with van der Waals surface area (Å²) in [6.07, 6.45) is 1.67. The Morgan fingerprint density at radius 1 is 1.29 bits per heavy atom. The number of oxazole rings is 1. The van der Waals surface area contributed by atoms with Crippen molar-refractivity contribution in [1.82, 2.24) is 10.3 Å². The first-order chi connectivity index (χ1) is 11.7. The van der Waals surface area contributed by atoms with Gasteiger partial charge in [0, 0.05) is 0 Å². The molecular formula is C17H16N2O4S. The number of phenols is 1. The molecule has 0 aliphatic carbocycles. The van der Waals surface area contributed by atoms with Crippen molar-refractivity contribution in [3.05, 3.63) is 59.4 Å². The Morgan fingerprint density at radius 3 is 2.75 bits per heavy atom. The summed E-state index contributed by atoms with van der Waals surface area (Å²) < 4.78 is 5.33. The molecule has 1 aromatic carbocycles. The number of nitrogens with one attached hydrogen (secondary N) is 1. The lowest BCUT2D eigenvalue weighted by molar-refractivity contribution is 0.0912. The lowest BCUT2D eigenvalue weighted by atomic mass is 10.1. The zero-order chi connectivity index (χ0) is 16.9. The van der Waals surface area contributed by atoms with Gasteiger partial charge in [0.1, 0.15) is 5.75 Å². The Morgan fingerprint density at radius 2 is 2.08 bits per heavy atom. The first-order valence-corrected chi connectivity index (χ1v) is 8.22. The van der Waals surface area contributed by atoms with Gasteiger partial charge < -0.3 is 19.9 Å². The standard InChI is InChI=1S/C17H16N2O4S/c20-9-12(8-11-3-5-13(21)6-4-11)19-17(22)15-16(23-10-18-15)14-2-1-7-24-14/h1-7,10,12,20-21H,8-9H2,(H,19,22)/t12-/m0/s1. The third-order valence-electron chi connectivity index (χ3n) is 3.50. The van der Waals surface area contributed by atoms with Crippen LogP contribution in [0.3, 0.4) is 0 Å². The van der Waals surface area contributed by atoms with E-state index in [1.807, 2.05) is 17.5 Å². The molecule has 0 fully saturated rings. The van der Waals surface area contributed by atoms with Crippen LogP contribution in [0.5, 0.6) is 5.75 Å². The molecule has 0 saturated heterocycles. The number of carbonyl (C=O) groups is 1. The molecule has 0 aliphatic rings. The lowest BCUT2D eigenvalue weighted by Crippen LogP contribution is -2.39. The molecule has 2 heterocycles. The van der Waals surface area contributed by atoms with E-state index < -0.39 is 11.9 Å². The molecule has 0 radical (unpaired) electrons. The van der Waals surface area contributed by atoms with Crippen LogP contribution < -0.4 is 5.32 Å². The van der Waals surface area contributed by atoms with Crippen molar-refractivity contribution in [3.63, 3.8) is 0 Å². The molecule has 3 rings (SSSR count). The van der Waals surface area contributed by atoms with Gasteiger partial charge in [-0.05, 0) is 35.6 Å². The third-order valence-corrected chi connectivity index (χ3v) is 4.37. The average molecular weight is 344 g/mol. The van der Waals surface area contributed by atoms with Crippen molar-refractivity contribution in [2.45, 2.75) is 12.5 Å². The van der Waals surface area contributed by atoms with Crippen molar-refractivity contribution in [2.75, 3.05) is 6.61 Å². The highest BCUT2D eigenvalue weighted by Gasteiger charge is 2.21. The molecular weight excluding hydrogens is 328 g/mol. The summed E-state index contributed by atoms with van der Waals surface area (Å²) in [6, 6.07) is 9.88. The number of phenolic OH excluding ortho intramolecular Hbond substituents is 1. The number of aromatic hydroxyl groups is 1. The van der Waals surface area contributed by atoms with Gasteiger partial charge in [-0.3, -0.25) is 4.79 Å². The minimum absolute atomic E-state index is 0.173. The van der Waals surface area contributed by atoms with Crippen molar-refractivity contribution in [3.8, 4) is 16.4 Å². The molecule has 7 heteroatoms. The number of rotatable bonds is 6. The number of aliphatic hydroxyl groups excluding tert-OH is 1. The minimum atomic E-state index is -0.463. The molecule has 0 aliphatic heterocycles. The summed E-state index contributed by atoms with van der Waals surface area (Å²) in [6.45, 7) is -0.210. The Hall–Kier alpha value is -2.64. The molecule has 2 aromatic heterocycles. The SMILES string of the molecule is O=C(N[C@H](CO)Cc1ccc(O)cc1)c1ncoc1-c1cccs1. The smallest absolute Gasteiger partial charge is 0.274 e. The van der Waals surface area contributed by atoms with Crippen LogP contribution in [0, 0.1) is 0 Å². The van der Waals surface area contributed by atoms with Crippen LogP contribution in [0.25, 0.3) is 10.6 Å². The van der Waals surface area contributed by atoms with E-state index in [-0.39, 0.29) is 18.1 Å². The van der Waals surface area contributed by atoms with Crippen molar-refractivity contribution >= 4 is 17.2 Å². The van der Waals surface area contributed by atoms with Crippen molar-refractivity contribution in [1.29, 1.82) is 0 Å². The number of nitrogens with zero attached hydrogens (tertiary/aromatic N) is 1. The molecule has 0 bridgehead atoms. The second-order valence-corrected chi connectivity index (χ2v) is 6.18. The van der Waals surface area contributed by atoms with E-state index in [9.17, 15) is 15.0 Å². The number of aromatic nitrogens is 1. The van der Waals surface area contributed by atoms with Crippen LogP contribution in [-0.4, -0.2) is 33.8 Å². The van der Waals surface area contributed by atoms with Crippen LogP contribution in [0.4, 0.5) is 0 Å².